The minimum Gasteiger partial charge on any atom is -0.371 e. The lowest BCUT2D eigenvalue weighted by Crippen LogP contribution is -2.52. The van der Waals surface area contributed by atoms with Gasteiger partial charge in [-0.2, -0.15) is 0 Å². The topological polar surface area (TPSA) is 57.3 Å². The number of rotatable bonds is 3. The van der Waals surface area contributed by atoms with E-state index in [1.54, 1.807) is 0 Å². The van der Waals surface area contributed by atoms with Crippen LogP contribution in [-0.4, -0.2) is 42.6 Å². The zero-order chi connectivity index (χ0) is 13.8. The average Bonchev–Trinajstić information content (AvgIpc) is 2.51. The molecule has 5 heteroatoms. The van der Waals surface area contributed by atoms with Gasteiger partial charge in [-0.3, -0.25) is 9.78 Å². The van der Waals surface area contributed by atoms with Gasteiger partial charge in [0.1, 0.15) is 0 Å². The zero-order valence-corrected chi connectivity index (χ0v) is 11.7. The summed E-state index contributed by atoms with van der Waals surface area (Å²) in [5.41, 5.74) is 1.27. The van der Waals surface area contributed by atoms with Crippen molar-refractivity contribution < 1.29 is 4.79 Å². The summed E-state index contributed by atoms with van der Waals surface area (Å²) in [6.45, 7) is 2.95. The minimum atomic E-state index is 0.190. The second kappa shape index (κ2) is 6.22. The molecule has 1 amide bonds. The fourth-order valence-corrected chi connectivity index (χ4v) is 3.07. The molecular formula is C15H22N4O. The number of carbonyl (C=O) groups excluding carboxylic acids is 1. The number of aromatic nitrogens is 1. The largest absolute Gasteiger partial charge is 0.371 e. The molecule has 1 aromatic rings. The predicted octanol–water partition coefficient (Wildman–Crippen LogP) is 0.919. The van der Waals surface area contributed by atoms with Crippen LogP contribution in [0.15, 0.2) is 24.5 Å². The number of pyridine rings is 1. The molecule has 0 bridgehead atoms. The van der Waals surface area contributed by atoms with Gasteiger partial charge in [-0.1, -0.05) is 0 Å². The van der Waals surface area contributed by atoms with Crippen molar-refractivity contribution in [2.45, 2.75) is 37.8 Å². The molecule has 2 N–H and O–H groups in total. The molecule has 1 unspecified atom stereocenters. The van der Waals surface area contributed by atoms with Crippen LogP contribution in [0, 0.1) is 0 Å². The zero-order valence-electron chi connectivity index (χ0n) is 11.7. The van der Waals surface area contributed by atoms with Gasteiger partial charge in [-0.15, -0.1) is 0 Å². The Hall–Kier alpha value is -1.62. The summed E-state index contributed by atoms with van der Waals surface area (Å²) < 4.78 is 0. The van der Waals surface area contributed by atoms with E-state index in [1.807, 2.05) is 12.4 Å². The molecule has 20 heavy (non-hydrogen) atoms. The van der Waals surface area contributed by atoms with Crippen LogP contribution in [0.4, 0.5) is 5.69 Å². The van der Waals surface area contributed by atoms with E-state index in [2.05, 4.69) is 32.7 Å². The van der Waals surface area contributed by atoms with Crippen LogP contribution in [-0.2, 0) is 4.79 Å². The first kappa shape index (κ1) is 13.4. The molecule has 0 saturated carbocycles. The Bertz CT molecular complexity index is 432. The molecule has 2 aliphatic rings. The number of hydrogen-bond donors (Lipinski definition) is 2. The van der Waals surface area contributed by atoms with Gasteiger partial charge in [-0.05, 0) is 31.4 Å². The number of piperidine rings is 2. The first-order valence-corrected chi connectivity index (χ1v) is 7.49. The summed E-state index contributed by atoms with van der Waals surface area (Å²) >= 11 is 0. The molecule has 2 aliphatic heterocycles. The highest BCUT2D eigenvalue weighted by atomic mass is 16.1. The maximum absolute atomic E-state index is 11.2. The normalized spacial score (nSPS) is 24.5. The van der Waals surface area contributed by atoms with E-state index in [9.17, 15) is 4.79 Å². The fraction of sp³-hybridized carbons (Fsp3) is 0.600. The summed E-state index contributed by atoms with van der Waals surface area (Å²) in [7, 11) is 0. The molecule has 0 aliphatic carbocycles. The lowest BCUT2D eigenvalue weighted by molar-refractivity contribution is -0.122. The molecule has 1 atom stereocenters. The van der Waals surface area contributed by atoms with E-state index in [4.69, 9.17) is 0 Å². The highest BCUT2D eigenvalue weighted by Crippen LogP contribution is 2.19. The third-order valence-electron chi connectivity index (χ3n) is 4.26. The second-order valence-electron chi connectivity index (χ2n) is 5.67. The Morgan fingerprint density at radius 2 is 1.90 bits per heavy atom. The molecule has 2 fully saturated rings. The molecule has 2 saturated heterocycles. The highest BCUT2D eigenvalue weighted by molar-refractivity contribution is 5.76. The van der Waals surface area contributed by atoms with Gasteiger partial charge in [0, 0.05) is 56.2 Å². The maximum Gasteiger partial charge on any atom is 0.220 e. The SMILES string of the molecule is O=C1CCC(NC2CCN(c3ccncc3)CC2)CN1. The Labute approximate surface area is 119 Å². The number of nitrogens with one attached hydrogen (secondary N) is 2. The van der Waals surface area contributed by atoms with E-state index in [-0.39, 0.29) is 5.91 Å². The van der Waals surface area contributed by atoms with E-state index in [0.29, 0.717) is 18.5 Å². The van der Waals surface area contributed by atoms with Crippen molar-refractivity contribution in [1.29, 1.82) is 0 Å². The van der Waals surface area contributed by atoms with Gasteiger partial charge in [0.05, 0.1) is 0 Å². The summed E-state index contributed by atoms with van der Waals surface area (Å²) in [4.78, 5) is 17.6. The van der Waals surface area contributed by atoms with Crippen molar-refractivity contribution in [2.75, 3.05) is 24.5 Å². The van der Waals surface area contributed by atoms with E-state index in [0.717, 1.165) is 38.9 Å². The molecule has 0 aromatic carbocycles. The van der Waals surface area contributed by atoms with Crippen molar-refractivity contribution in [3.8, 4) is 0 Å². The molecule has 5 nitrogen and oxygen atoms in total. The summed E-state index contributed by atoms with van der Waals surface area (Å²) in [5, 5.41) is 6.63. The fourth-order valence-electron chi connectivity index (χ4n) is 3.07. The van der Waals surface area contributed by atoms with E-state index < -0.39 is 0 Å². The Balaban J connectivity index is 1.46. The number of hydrogen-bond acceptors (Lipinski definition) is 4. The summed E-state index contributed by atoms with van der Waals surface area (Å²) in [5.74, 6) is 0.190. The van der Waals surface area contributed by atoms with Crippen LogP contribution in [0.25, 0.3) is 0 Å². The molecule has 108 valence electrons. The van der Waals surface area contributed by atoms with Crippen LogP contribution < -0.4 is 15.5 Å². The number of amides is 1. The van der Waals surface area contributed by atoms with Gasteiger partial charge in [-0.25, -0.2) is 0 Å². The van der Waals surface area contributed by atoms with Crippen LogP contribution in [0.1, 0.15) is 25.7 Å². The number of anilines is 1. The van der Waals surface area contributed by atoms with Crippen molar-refractivity contribution >= 4 is 11.6 Å². The first-order chi connectivity index (χ1) is 9.81. The molecule has 0 spiro atoms. The third-order valence-corrected chi connectivity index (χ3v) is 4.26. The lowest BCUT2D eigenvalue weighted by Gasteiger charge is -2.36. The van der Waals surface area contributed by atoms with Gasteiger partial charge in [0.2, 0.25) is 5.91 Å². The second-order valence-corrected chi connectivity index (χ2v) is 5.67. The average molecular weight is 274 g/mol. The maximum atomic E-state index is 11.2. The first-order valence-electron chi connectivity index (χ1n) is 7.49. The smallest absolute Gasteiger partial charge is 0.220 e. The predicted molar refractivity (Wildman–Crippen MR) is 78.6 cm³/mol. The van der Waals surface area contributed by atoms with Crippen molar-refractivity contribution in [3.05, 3.63) is 24.5 Å². The third kappa shape index (κ3) is 3.28. The molecular weight excluding hydrogens is 252 g/mol. The van der Waals surface area contributed by atoms with Crippen LogP contribution in [0.3, 0.4) is 0 Å². The summed E-state index contributed by atoms with van der Waals surface area (Å²) in [6.07, 6.45) is 7.65. The molecule has 3 heterocycles. The van der Waals surface area contributed by atoms with Crippen LogP contribution in [0.2, 0.25) is 0 Å². The van der Waals surface area contributed by atoms with Crippen LogP contribution >= 0.6 is 0 Å². The van der Waals surface area contributed by atoms with E-state index in [1.165, 1.54) is 5.69 Å². The van der Waals surface area contributed by atoms with Gasteiger partial charge in [0.15, 0.2) is 0 Å². The van der Waals surface area contributed by atoms with Crippen molar-refractivity contribution in [2.24, 2.45) is 0 Å². The quantitative estimate of drug-likeness (QED) is 0.860. The number of nitrogens with zero attached hydrogens (tertiary/aromatic N) is 2. The Kier molecular flexibility index (Phi) is 4.16. The monoisotopic (exact) mass is 274 g/mol. The summed E-state index contributed by atoms with van der Waals surface area (Å²) in [6, 6.07) is 5.17. The van der Waals surface area contributed by atoms with Gasteiger partial charge >= 0.3 is 0 Å². The van der Waals surface area contributed by atoms with E-state index >= 15 is 0 Å². The minimum absolute atomic E-state index is 0.190. The molecule has 3 rings (SSSR count). The highest BCUT2D eigenvalue weighted by Gasteiger charge is 2.24. The van der Waals surface area contributed by atoms with Crippen LogP contribution in [0.5, 0.6) is 0 Å². The number of carbonyl (C=O) groups is 1. The standard InChI is InChI=1S/C15H22N4O/c20-15-2-1-13(11-17-15)18-12-5-9-19(10-6-12)14-3-7-16-8-4-14/h3-4,7-8,12-13,18H,1-2,5-6,9-11H2,(H,17,20). The van der Waals surface area contributed by atoms with Crippen molar-refractivity contribution in [3.63, 3.8) is 0 Å². The lowest BCUT2D eigenvalue weighted by atomic mass is 10.0. The Morgan fingerprint density at radius 1 is 1.15 bits per heavy atom. The Morgan fingerprint density at radius 3 is 2.55 bits per heavy atom. The van der Waals surface area contributed by atoms with Gasteiger partial charge < -0.3 is 15.5 Å². The molecule has 1 aromatic heterocycles. The van der Waals surface area contributed by atoms with Gasteiger partial charge in [0.25, 0.3) is 0 Å². The molecule has 0 radical (unpaired) electrons. The van der Waals surface area contributed by atoms with Crippen molar-refractivity contribution in [1.82, 2.24) is 15.6 Å².